The van der Waals surface area contributed by atoms with Gasteiger partial charge in [-0.3, -0.25) is 0 Å². The highest BCUT2D eigenvalue weighted by molar-refractivity contribution is 5.59. The third-order valence-corrected chi connectivity index (χ3v) is 2.07. The van der Waals surface area contributed by atoms with Crippen molar-refractivity contribution in [3.05, 3.63) is 35.4 Å². The molecular weight excluding hydrogens is 160 g/mol. The van der Waals surface area contributed by atoms with Gasteiger partial charge in [-0.2, -0.15) is 0 Å². The van der Waals surface area contributed by atoms with Crippen LogP contribution in [0.5, 0.6) is 5.75 Å². The first-order chi connectivity index (χ1) is 6.16. The van der Waals surface area contributed by atoms with Gasteiger partial charge in [-0.15, -0.1) is 0 Å². The predicted octanol–water partition coefficient (Wildman–Crippen LogP) is 3.55. The standard InChI is InChI=1S/C12H16O/c1-4-6-10-7-5-8-11(9(2)3)12(10)13/h4-9,13H,1-3H3. The van der Waals surface area contributed by atoms with Gasteiger partial charge in [-0.25, -0.2) is 0 Å². The molecule has 1 aromatic rings. The highest BCUT2D eigenvalue weighted by atomic mass is 16.3. The number of hydrogen-bond acceptors (Lipinski definition) is 1. The summed E-state index contributed by atoms with van der Waals surface area (Å²) >= 11 is 0. The summed E-state index contributed by atoms with van der Waals surface area (Å²) in [5.41, 5.74) is 1.91. The minimum absolute atomic E-state index is 0.366. The molecule has 0 amide bonds. The van der Waals surface area contributed by atoms with Crippen molar-refractivity contribution in [1.82, 2.24) is 0 Å². The minimum Gasteiger partial charge on any atom is -0.507 e. The van der Waals surface area contributed by atoms with E-state index in [0.717, 1.165) is 11.1 Å². The summed E-state index contributed by atoms with van der Waals surface area (Å²) in [5, 5.41) is 9.84. The molecule has 0 bridgehead atoms. The second-order valence-corrected chi connectivity index (χ2v) is 3.44. The van der Waals surface area contributed by atoms with Gasteiger partial charge in [0, 0.05) is 5.56 Å². The van der Waals surface area contributed by atoms with Crippen molar-refractivity contribution in [3.8, 4) is 5.75 Å². The van der Waals surface area contributed by atoms with Gasteiger partial charge in [0.25, 0.3) is 0 Å². The van der Waals surface area contributed by atoms with Crippen LogP contribution in [0.4, 0.5) is 0 Å². The van der Waals surface area contributed by atoms with Crippen molar-refractivity contribution in [2.75, 3.05) is 0 Å². The number of benzene rings is 1. The van der Waals surface area contributed by atoms with Crippen molar-refractivity contribution >= 4 is 6.08 Å². The SMILES string of the molecule is CC=Cc1cccc(C(C)C)c1O. The lowest BCUT2D eigenvalue weighted by atomic mass is 9.99. The van der Waals surface area contributed by atoms with Crippen molar-refractivity contribution in [3.63, 3.8) is 0 Å². The fourth-order valence-electron chi connectivity index (χ4n) is 1.36. The number of hydrogen-bond donors (Lipinski definition) is 1. The van der Waals surface area contributed by atoms with Crippen LogP contribution >= 0.6 is 0 Å². The summed E-state index contributed by atoms with van der Waals surface area (Å²) in [6.07, 6.45) is 3.85. The second kappa shape index (κ2) is 4.13. The molecule has 0 unspecified atom stereocenters. The van der Waals surface area contributed by atoms with Gasteiger partial charge in [-0.1, -0.05) is 44.2 Å². The molecule has 1 aromatic carbocycles. The van der Waals surface area contributed by atoms with E-state index in [1.807, 2.05) is 37.3 Å². The molecule has 1 rings (SSSR count). The van der Waals surface area contributed by atoms with Gasteiger partial charge < -0.3 is 5.11 Å². The molecule has 0 aliphatic rings. The van der Waals surface area contributed by atoms with Crippen molar-refractivity contribution in [1.29, 1.82) is 0 Å². The maximum Gasteiger partial charge on any atom is 0.126 e. The molecule has 0 saturated heterocycles. The average molecular weight is 176 g/mol. The monoisotopic (exact) mass is 176 g/mol. The topological polar surface area (TPSA) is 20.2 Å². The molecule has 13 heavy (non-hydrogen) atoms. The summed E-state index contributed by atoms with van der Waals surface area (Å²) < 4.78 is 0. The van der Waals surface area contributed by atoms with E-state index in [-0.39, 0.29) is 0 Å². The smallest absolute Gasteiger partial charge is 0.126 e. The Morgan fingerprint density at radius 3 is 2.54 bits per heavy atom. The molecule has 0 aliphatic carbocycles. The maximum atomic E-state index is 9.84. The molecule has 1 N–H and O–H groups in total. The van der Waals surface area contributed by atoms with Gasteiger partial charge in [0.05, 0.1) is 0 Å². The Labute approximate surface area is 79.7 Å². The molecule has 0 saturated carbocycles. The summed E-state index contributed by atoms with van der Waals surface area (Å²) in [6.45, 7) is 6.10. The van der Waals surface area contributed by atoms with Gasteiger partial charge in [-0.05, 0) is 18.4 Å². The zero-order valence-corrected chi connectivity index (χ0v) is 8.41. The number of phenols is 1. The van der Waals surface area contributed by atoms with E-state index < -0.39 is 0 Å². The fraction of sp³-hybridized carbons (Fsp3) is 0.333. The van der Waals surface area contributed by atoms with Crippen molar-refractivity contribution < 1.29 is 5.11 Å². The van der Waals surface area contributed by atoms with Crippen LogP contribution < -0.4 is 0 Å². The van der Waals surface area contributed by atoms with Crippen LogP contribution in [-0.2, 0) is 0 Å². The molecule has 0 radical (unpaired) electrons. The Bertz CT molecular complexity index is 311. The highest BCUT2D eigenvalue weighted by Crippen LogP contribution is 2.29. The first-order valence-electron chi connectivity index (χ1n) is 4.61. The first kappa shape index (κ1) is 9.85. The molecule has 1 heteroatoms. The number of rotatable bonds is 2. The Morgan fingerprint density at radius 1 is 1.31 bits per heavy atom. The summed E-state index contributed by atoms with van der Waals surface area (Å²) in [4.78, 5) is 0. The lowest BCUT2D eigenvalue weighted by Gasteiger charge is -2.09. The van der Waals surface area contributed by atoms with Crippen LogP contribution in [0.2, 0.25) is 0 Å². The van der Waals surface area contributed by atoms with Crippen LogP contribution in [0.15, 0.2) is 24.3 Å². The molecule has 70 valence electrons. The number of allylic oxidation sites excluding steroid dienone is 1. The van der Waals surface area contributed by atoms with Crippen LogP contribution in [-0.4, -0.2) is 5.11 Å². The Kier molecular flexibility index (Phi) is 3.13. The molecule has 0 aliphatic heterocycles. The quantitative estimate of drug-likeness (QED) is 0.730. The number of phenolic OH excluding ortho intramolecular Hbond substituents is 1. The number of aromatic hydroxyl groups is 1. The third-order valence-electron chi connectivity index (χ3n) is 2.07. The van der Waals surface area contributed by atoms with Crippen LogP contribution in [0.3, 0.4) is 0 Å². The Hall–Kier alpha value is -1.24. The van der Waals surface area contributed by atoms with E-state index in [2.05, 4.69) is 13.8 Å². The molecule has 0 heterocycles. The van der Waals surface area contributed by atoms with E-state index in [0.29, 0.717) is 11.7 Å². The summed E-state index contributed by atoms with van der Waals surface area (Å²) in [6, 6.07) is 5.86. The lowest BCUT2D eigenvalue weighted by molar-refractivity contribution is 0.463. The third kappa shape index (κ3) is 2.11. The molecule has 0 aromatic heterocycles. The zero-order chi connectivity index (χ0) is 9.84. The van der Waals surface area contributed by atoms with Gasteiger partial charge in [0.1, 0.15) is 5.75 Å². The Balaban J connectivity index is 3.18. The van der Waals surface area contributed by atoms with Crippen molar-refractivity contribution in [2.24, 2.45) is 0 Å². The van der Waals surface area contributed by atoms with Gasteiger partial charge in [0.2, 0.25) is 0 Å². The van der Waals surface area contributed by atoms with Crippen LogP contribution in [0.25, 0.3) is 6.08 Å². The number of para-hydroxylation sites is 1. The molecule has 0 fully saturated rings. The lowest BCUT2D eigenvalue weighted by Crippen LogP contribution is -1.89. The van der Waals surface area contributed by atoms with E-state index in [9.17, 15) is 5.11 Å². The van der Waals surface area contributed by atoms with Gasteiger partial charge >= 0.3 is 0 Å². The average Bonchev–Trinajstić information content (AvgIpc) is 2.08. The molecule has 0 spiro atoms. The minimum atomic E-state index is 0.366. The fourth-order valence-corrected chi connectivity index (χ4v) is 1.36. The van der Waals surface area contributed by atoms with Crippen LogP contribution in [0.1, 0.15) is 37.8 Å². The predicted molar refractivity (Wildman–Crippen MR) is 56.9 cm³/mol. The molecule has 1 nitrogen and oxygen atoms in total. The van der Waals surface area contributed by atoms with Crippen molar-refractivity contribution in [2.45, 2.75) is 26.7 Å². The summed E-state index contributed by atoms with van der Waals surface area (Å²) in [7, 11) is 0. The zero-order valence-electron chi connectivity index (χ0n) is 8.41. The Morgan fingerprint density at radius 2 is 2.00 bits per heavy atom. The van der Waals surface area contributed by atoms with E-state index in [1.54, 1.807) is 0 Å². The van der Waals surface area contributed by atoms with Crippen LogP contribution in [0, 0.1) is 0 Å². The maximum absolute atomic E-state index is 9.84. The molecular formula is C12H16O. The highest BCUT2D eigenvalue weighted by Gasteiger charge is 2.07. The van der Waals surface area contributed by atoms with E-state index >= 15 is 0 Å². The largest absolute Gasteiger partial charge is 0.507 e. The second-order valence-electron chi connectivity index (χ2n) is 3.44. The van der Waals surface area contributed by atoms with E-state index in [4.69, 9.17) is 0 Å². The van der Waals surface area contributed by atoms with E-state index in [1.165, 1.54) is 0 Å². The first-order valence-corrected chi connectivity index (χ1v) is 4.61. The molecule has 0 atom stereocenters. The van der Waals surface area contributed by atoms with Gasteiger partial charge in [0.15, 0.2) is 0 Å². The summed E-state index contributed by atoms with van der Waals surface area (Å²) in [5.74, 6) is 0.779. The normalized spacial score (nSPS) is 11.4.